The van der Waals surface area contributed by atoms with Crippen LogP contribution in [-0.4, -0.2) is 34.4 Å². The van der Waals surface area contributed by atoms with E-state index >= 15 is 0 Å². The molecule has 32 heavy (non-hydrogen) atoms. The van der Waals surface area contributed by atoms with Crippen LogP contribution in [0.15, 0.2) is 54.0 Å². The number of benzene rings is 2. The van der Waals surface area contributed by atoms with Crippen LogP contribution in [0.3, 0.4) is 0 Å². The zero-order chi connectivity index (χ0) is 22.8. The number of amides is 1. The molecule has 2 heterocycles. The van der Waals surface area contributed by atoms with Gasteiger partial charge in [0.25, 0.3) is 5.91 Å². The number of aryl methyl sites for hydroxylation is 2. The van der Waals surface area contributed by atoms with Gasteiger partial charge in [-0.05, 0) is 57.0 Å². The van der Waals surface area contributed by atoms with Gasteiger partial charge in [0.15, 0.2) is 11.5 Å². The number of allylic oxidation sites excluding steroid dienone is 1. The van der Waals surface area contributed by atoms with Crippen LogP contribution in [0, 0.1) is 13.8 Å². The van der Waals surface area contributed by atoms with E-state index in [1.165, 1.54) is 6.33 Å². The average Bonchev–Trinajstić information content (AvgIpc) is 3.23. The normalized spacial score (nSPS) is 15.1. The van der Waals surface area contributed by atoms with E-state index in [-0.39, 0.29) is 5.91 Å². The topological polar surface area (TPSA) is 90.3 Å². The Labute approximate surface area is 187 Å². The molecule has 4 rings (SSSR count). The first kappa shape index (κ1) is 21.4. The molecule has 0 saturated carbocycles. The van der Waals surface area contributed by atoms with Crippen molar-refractivity contribution >= 4 is 17.5 Å². The maximum atomic E-state index is 13.5. The molecule has 1 aromatic heterocycles. The Morgan fingerprint density at radius 1 is 1.16 bits per heavy atom. The number of carbonyl (C=O) groups excluding carboxylic acids is 1. The third-order valence-electron chi connectivity index (χ3n) is 5.47. The molecule has 0 bridgehead atoms. The maximum absolute atomic E-state index is 13.5. The number of anilines is 2. The van der Waals surface area contributed by atoms with Gasteiger partial charge >= 0.3 is 0 Å². The number of hydrogen-bond donors (Lipinski definition) is 2. The van der Waals surface area contributed by atoms with Crippen LogP contribution < -0.4 is 20.1 Å². The predicted octanol–water partition coefficient (Wildman–Crippen LogP) is 4.23. The summed E-state index contributed by atoms with van der Waals surface area (Å²) in [6, 6.07) is 11.1. The van der Waals surface area contributed by atoms with Gasteiger partial charge in [0.05, 0.1) is 19.3 Å². The smallest absolute Gasteiger partial charge is 0.255 e. The van der Waals surface area contributed by atoms with E-state index in [2.05, 4.69) is 20.7 Å². The minimum absolute atomic E-state index is 0.207. The first-order valence-corrected chi connectivity index (χ1v) is 10.5. The molecule has 0 fully saturated rings. The van der Waals surface area contributed by atoms with Crippen molar-refractivity contribution in [3.05, 3.63) is 70.7 Å². The largest absolute Gasteiger partial charge is 0.493 e. The molecular formula is C24H27N5O3. The van der Waals surface area contributed by atoms with E-state index in [1.807, 2.05) is 64.1 Å². The number of rotatable bonds is 6. The number of hydrogen-bond acceptors (Lipinski definition) is 6. The molecule has 1 unspecified atom stereocenters. The average molecular weight is 434 g/mol. The summed E-state index contributed by atoms with van der Waals surface area (Å²) in [6.07, 6.45) is 1.47. The summed E-state index contributed by atoms with van der Waals surface area (Å²) in [5, 5.41) is 10.7. The molecule has 0 spiro atoms. The van der Waals surface area contributed by atoms with Gasteiger partial charge in [-0.25, -0.2) is 4.68 Å². The lowest BCUT2D eigenvalue weighted by Gasteiger charge is -2.29. The van der Waals surface area contributed by atoms with Crippen molar-refractivity contribution < 1.29 is 14.3 Å². The van der Waals surface area contributed by atoms with Gasteiger partial charge in [0.2, 0.25) is 5.95 Å². The first-order chi connectivity index (χ1) is 15.4. The third kappa shape index (κ3) is 3.91. The fourth-order valence-corrected chi connectivity index (χ4v) is 3.97. The number of aromatic nitrogens is 3. The fourth-order valence-electron chi connectivity index (χ4n) is 3.97. The highest BCUT2D eigenvalue weighted by atomic mass is 16.5. The quantitative estimate of drug-likeness (QED) is 0.605. The van der Waals surface area contributed by atoms with E-state index in [0.29, 0.717) is 35.3 Å². The minimum atomic E-state index is -0.482. The SMILES string of the molecule is CCOc1cc(C2C(C(=O)Nc3ccc(C)cc3C)=C(C)Nc3ncnn32)ccc1OC. The van der Waals surface area contributed by atoms with Crippen LogP contribution in [0.1, 0.15) is 36.6 Å². The second-order valence-corrected chi connectivity index (χ2v) is 7.71. The molecule has 0 saturated heterocycles. The van der Waals surface area contributed by atoms with Crippen LogP contribution >= 0.6 is 0 Å². The lowest BCUT2D eigenvalue weighted by molar-refractivity contribution is -0.113. The number of nitrogens with zero attached hydrogens (tertiary/aromatic N) is 3. The minimum Gasteiger partial charge on any atom is -0.493 e. The summed E-state index contributed by atoms with van der Waals surface area (Å²) < 4.78 is 12.9. The van der Waals surface area contributed by atoms with E-state index < -0.39 is 6.04 Å². The summed E-state index contributed by atoms with van der Waals surface area (Å²) in [4.78, 5) is 17.8. The van der Waals surface area contributed by atoms with Gasteiger partial charge < -0.3 is 20.1 Å². The van der Waals surface area contributed by atoms with Crippen molar-refractivity contribution in [1.29, 1.82) is 0 Å². The van der Waals surface area contributed by atoms with Gasteiger partial charge in [0.1, 0.15) is 12.4 Å². The molecule has 2 N–H and O–H groups in total. The van der Waals surface area contributed by atoms with Gasteiger partial charge in [-0.1, -0.05) is 23.8 Å². The van der Waals surface area contributed by atoms with Crippen LogP contribution in [0.25, 0.3) is 0 Å². The second-order valence-electron chi connectivity index (χ2n) is 7.71. The number of methoxy groups -OCH3 is 1. The zero-order valence-electron chi connectivity index (χ0n) is 18.9. The number of nitrogens with one attached hydrogen (secondary N) is 2. The van der Waals surface area contributed by atoms with Crippen LogP contribution in [0.2, 0.25) is 0 Å². The van der Waals surface area contributed by atoms with E-state index in [4.69, 9.17) is 9.47 Å². The molecule has 1 aliphatic heterocycles. The highest BCUT2D eigenvalue weighted by molar-refractivity contribution is 6.06. The Balaban J connectivity index is 1.78. The van der Waals surface area contributed by atoms with Gasteiger partial charge in [-0.3, -0.25) is 4.79 Å². The van der Waals surface area contributed by atoms with E-state index in [0.717, 1.165) is 22.4 Å². The summed E-state index contributed by atoms with van der Waals surface area (Å²) in [7, 11) is 1.60. The molecule has 2 aromatic carbocycles. The Morgan fingerprint density at radius 2 is 1.97 bits per heavy atom. The Kier molecular flexibility index (Phi) is 5.85. The number of carbonyl (C=O) groups is 1. The number of fused-ring (bicyclic) bond motifs is 1. The molecule has 166 valence electrons. The Hall–Kier alpha value is -3.81. The highest BCUT2D eigenvalue weighted by Crippen LogP contribution is 2.39. The van der Waals surface area contributed by atoms with Crippen molar-refractivity contribution in [2.75, 3.05) is 24.4 Å². The monoisotopic (exact) mass is 433 g/mol. The van der Waals surface area contributed by atoms with Crippen molar-refractivity contribution in [2.45, 2.75) is 33.7 Å². The highest BCUT2D eigenvalue weighted by Gasteiger charge is 2.34. The van der Waals surface area contributed by atoms with E-state index in [9.17, 15) is 4.79 Å². The Morgan fingerprint density at radius 3 is 2.69 bits per heavy atom. The lowest BCUT2D eigenvalue weighted by atomic mass is 9.94. The van der Waals surface area contributed by atoms with Crippen LogP contribution in [0.4, 0.5) is 11.6 Å². The maximum Gasteiger partial charge on any atom is 0.255 e. The molecule has 8 nitrogen and oxygen atoms in total. The lowest BCUT2D eigenvalue weighted by Crippen LogP contribution is -2.31. The predicted molar refractivity (Wildman–Crippen MR) is 123 cm³/mol. The van der Waals surface area contributed by atoms with Gasteiger partial charge in [-0.2, -0.15) is 10.1 Å². The van der Waals surface area contributed by atoms with Crippen molar-refractivity contribution in [3.63, 3.8) is 0 Å². The summed E-state index contributed by atoms with van der Waals surface area (Å²) in [5.41, 5.74) is 5.02. The number of ether oxygens (including phenoxy) is 2. The fraction of sp³-hybridized carbons (Fsp3) is 0.292. The molecule has 8 heteroatoms. The van der Waals surface area contributed by atoms with Crippen LogP contribution in [0.5, 0.6) is 11.5 Å². The zero-order valence-corrected chi connectivity index (χ0v) is 18.9. The van der Waals surface area contributed by atoms with E-state index in [1.54, 1.807) is 11.8 Å². The third-order valence-corrected chi connectivity index (χ3v) is 5.47. The molecule has 1 amide bonds. The second kappa shape index (κ2) is 8.74. The van der Waals surface area contributed by atoms with Gasteiger partial charge in [-0.15, -0.1) is 0 Å². The summed E-state index contributed by atoms with van der Waals surface area (Å²) >= 11 is 0. The standard InChI is InChI=1S/C24H27N5O3/c1-6-32-20-12-17(8-10-19(20)31-5)22-21(16(4)27-24-25-13-26-29(22)24)23(30)28-18-9-7-14(2)11-15(18)3/h7-13,22H,6H2,1-5H3,(H,28,30)(H,25,26,27). The molecular weight excluding hydrogens is 406 g/mol. The summed E-state index contributed by atoms with van der Waals surface area (Å²) in [6.45, 7) is 8.29. The van der Waals surface area contributed by atoms with Crippen molar-refractivity contribution in [2.24, 2.45) is 0 Å². The van der Waals surface area contributed by atoms with Crippen molar-refractivity contribution in [1.82, 2.24) is 14.8 Å². The molecule has 0 aliphatic carbocycles. The van der Waals surface area contributed by atoms with Crippen molar-refractivity contribution in [3.8, 4) is 11.5 Å². The summed E-state index contributed by atoms with van der Waals surface area (Å²) in [5.74, 6) is 1.61. The first-order valence-electron chi connectivity index (χ1n) is 10.5. The molecule has 0 radical (unpaired) electrons. The van der Waals surface area contributed by atoms with Gasteiger partial charge in [0, 0.05) is 11.4 Å². The Bertz CT molecular complexity index is 1200. The molecule has 1 aliphatic rings. The molecule has 3 aromatic rings. The van der Waals surface area contributed by atoms with Crippen LogP contribution in [-0.2, 0) is 4.79 Å². The molecule has 1 atom stereocenters.